The van der Waals surface area contributed by atoms with Crippen LogP contribution < -0.4 is 10.6 Å². The third kappa shape index (κ3) is 4.56. The minimum absolute atomic E-state index is 0.0584. The quantitative estimate of drug-likeness (QED) is 0.841. The summed E-state index contributed by atoms with van der Waals surface area (Å²) in [5.74, 6) is 3.02. The van der Waals surface area contributed by atoms with Crippen LogP contribution in [-0.4, -0.2) is 35.3 Å². The molecule has 1 aliphatic heterocycles. The van der Waals surface area contributed by atoms with E-state index in [1.807, 2.05) is 6.07 Å². The van der Waals surface area contributed by atoms with Gasteiger partial charge in [0.1, 0.15) is 17.5 Å². The molecule has 5 nitrogen and oxygen atoms in total. The van der Waals surface area contributed by atoms with Crippen molar-refractivity contribution in [1.82, 2.24) is 9.97 Å². The molecule has 2 heterocycles. The van der Waals surface area contributed by atoms with Crippen LogP contribution in [0, 0.1) is 0 Å². The molecule has 1 aliphatic rings. The predicted octanol–water partition coefficient (Wildman–Crippen LogP) is 3.40. The molecule has 118 valence electrons. The van der Waals surface area contributed by atoms with Crippen molar-refractivity contribution in [1.29, 1.82) is 0 Å². The van der Waals surface area contributed by atoms with Gasteiger partial charge in [0.15, 0.2) is 0 Å². The van der Waals surface area contributed by atoms with Crippen molar-refractivity contribution in [3.05, 3.63) is 11.9 Å². The number of hydrogen-bond donors (Lipinski definition) is 2. The van der Waals surface area contributed by atoms with Crippen LogP contribution in [0.5, 0.6) is 0 Å². The molecule has 0 atom stereocenters. The highest BCUT2D eigenvalue weighted by Crippen LogP contribution is 2.26. The Morgan fingerprint density at radius 2 is 1.90 bits per heavy atom. The number of ether oxygens (including phenoxy) is 1. The van der Waals surface area contributed by atoms with E-state index in [-0.39, 0.29) is 5.54 Å². The summed E-state index contributed by atoms with van der Waals surface area (Å²) in [6.45, 7) is 11.2. The Bertz CT molecular complexity index is 456. The fraction of sp³-hybridized carbons (Fsp3) is 0.750. The van der Waals surface area contributed by atoms with Gasteiger partial charge in [-0.05, 0) is 26.2 Å². The molecule has 0 amide bonds. The summed E-state index contributed by atoms with van der Waals surface area (Å²) in [4.78, 5) is 9.28. The molecule has 0 radical (unpaired) electrons. The van der Waals surface area contributed by atoms with Crippen molar-refractivity contribution in [2.45, 2.75) is 58.4 Å². The highest BCUT2D eigenvalue weighted by Gasteiger charge is 2.27. The highest BCUT2D eigenvalue weighted by molar-refractivity contribution is 5.49. The Labute approximate surface area is 127 Å². The molecular formula is C16H28N4O. The summed E-state index contributed by atoms with van der Waals surface area (Å²) in [6, 6.07) is 2.02. The Morgan fingerprint density at radius 3 is 2.52 bits per heavy atom. The van der Waals surface area contributed by atoms with Crippen LogP contribution in [0.25, 0.3) is 0 Å². The van der Waals surface area contributed by atoms with Crippen molar-refractivity contribution in [2.24, 2.45) is 0 Å². The molecule has 1 aromatic heterocycles. The molecule has 1 aromatic rings. The van der Waals surface area contributed by atoms with E-state index >= 15 is 0 Å². The monoisotopic (exact) mass is 292 g/mol. The smallest absolute Gasteiger partial charge is 0.135 e. The number of rotatable bonds is 6. The van der Waals surface area contributed by atoms with E-state index in [1.54, 1.807) is 0 Å². The fourth-order valence-corrected chi connectivity index (χ4v) is 2.39. The lowest BCUT2D eigenvalue weighted by Gasteiger charge is -2.35. The normalized spacial score (nSPS) is 17.8. The van der Waals surface area contributed by atoms with Gasteiger partial charge in [0.2, 0.25) is 0 Å². The Balaban J connectivity index is 2.18. The first kappa shape index (κ1) is 16.0. The molecule has 21 heavy (non-hydrogen) atoms. The first-order valence-electron chi connectivity index (χ1n) is 8.01. The van der Waals surface area contributed by atoms with Crippen molar-refractivity contribution in [3.63, 3.8) is 0 Å². The summed E-state index contributed by atoms with van der Waals surface area (Å²) in [5.41, 5.74) is 0.0584. The van der Waals surface area contributed by atoms with Gasteiger partial charge in [0.05, 0.1) is 0 Å². The van der Waals surface area contributed by atoms with E-state index in [4.69, 9.17) is 4.74 Å². The zero-order valence-electron chi connectivity index (χ0n) is 13.7. The van der Waals surface area contributed by atoms with Crippen molar-refractivity contribution in [3.8, 4) is 0 Å². The number of nitrogens with zero attached hydrogens (tertiary/aromatic N) is 2. The van der Waals surface area contributed by atoms with Gasteiger partial charge in [-0.25, -0.2) is 9.97 Å². The summed E-state index contributed by atoms with van der Waals surface area (Å²) in [5, 5.41) is 6.96. The summed E-state index contributed by atoms with van der Waals surface area (Å²) >= 11 is 0. The molecule has 0 bridgehead atoms. The summed E-state index contributed by atoms with van der Waals surface area (Å²) in [7, 11) is 0. The van der Waals surface area contributed by atoms with E-state index in [0.29, 0.717) is 5.92 Å². The maximum Gasteiger partial charge on any atom is 0.135 e. The van der Waals surface area contributed by atoms with Gasteiger partial charge in [0.25, 0.3) is 0 Å². The van der Waals surface area contributed by atoms with Gasteiger partial charge in [-0.2, -0.15) is 0 Å². The molecule has 0 aromatic carbocycles. The Hall–Kier alpha value is -1.36. The van der Waals surface area contributed by atoms with Crippen LogP contribution in [0.3, 0.4) is 0 Å². The molecule has 1 saturated heterocycles. The SMILES string of the molecule is CCCNc1cc(NC2(C)CCOCC2)nc(C(C)C)n1. The predicted molar refractivity (Wildman–Crippen MR) is 87.0 cm³/mol. The first-order chi connectivity index (χ1) is 10.0. The average Bonchev–Trinajstić information content (AvgIpc) is 2.45. The molecule has 0 spiro atoms. The van der Waals surface area contributed by atoms with E-state index in [2.05, 4.69) is 48.3 Å². The van der Waals surface area contributed by atoms with Gasteiger partial charge in [-0.1, -0.05) is 20.8 Å². The summed E-state index contributed by atoms with van der Waals surface area (Å²) in [6.07, 6.45) is 3.09. The lowest BCUT2D eigenvalue weighted by atomic mass is 9.92. The van der Waals surface area contributed by atoms with Gasteiger partial charge in [-0.15, -0.1) is 0 Å². The van der Waals surface area contributed by atoms with E-state index in [9.17, 15) is 0 Å². The third-order valence-corrected chi connectivity index (χ3v) is 3.84. The third-order valence-electron chi connectivity index (χ3n) is 3.84. The number of nitrogens with one attached hydrogen (secondary N) is 2. The topological polar surface area (TPSA) is 59.1 Å². The second kappa shape index (κ2) is 7.07. The van der Waals surface area contributed by atoms with Crippen LogP contribution in [-0.2, 0) is 4.74 Å². The Morgan fingerprint density at radius 1 is 1.24 bits per heavy atom. The van der Waals surface area contributed by atoms with Gasteiger partial charge in [-0.3, -0.25) is 0 Å². The fourth-order valence-electron chi connectivity index (χ4n) is 2.39. The lowest BCUT2D eigenvalue weighted by Crippen LogP contribution is -2.41. The minimum atomic E-state index is 0.0584. The lowest BCUT2D eigenvalue weighted by molar-refractivity contribution is 0.0657. The van der Waals surface area contributed by atoms with Crippen LogP contribution in [0.15, 0.2) is 6.07 Å². The maximum absolute atomic E-state index is 5.46. The van der Waals surface area contributed by atoms with Crippen molar-refractivity contribution >= 4 is 11.6 Å². The zero-order chi connectivity index (χ0) is 15.3. The van der Waals surface area contributed by atoms with Crippen molar-refractivity contribution < 1.29 is 4.74 Å². The van der Waals surface area contributed by atoms with E-state index in [1.165, 1.54) is 0 Å². The molecule has 1 fully saturated rings. The summed E-state index contributed by atoms with van der Waals surface area (Å²) < 4.78 is 5.46. The standard InChI is InChI=1S/C16H28N4O/c1-5-8-17-13-11-14(19-15(18-13)12(2)3)20-16(4)6-9-21-10-7-16/h11-12H,5-10H2,1-4H3,(H2,17,18,19,20). The van der Waals surface area contributed by atoms with Crippen LogP contribution >= 0.6 is 0 Å². The minimum Gasteiger partial charge on any atom is -0.381 e. The highest BCUT2D eigenvalue weighted by atomic mass is 16.5. The number of aromatic nitrogens is 2. The van der Waals surface area contributed by atoms with Crippen LogP contribution in [0.4, 0.5) is 11.6 Å². The second-order valence-electron chi connectivity index (χ2n) is 6.38. The van der Waals surface area contributed by atoms with Gasteiger partial charge in [0, 0.05) is 37.3 Å². The van der Waals surface area contributed by atoms with Crippen molar-refractivity contribution in [2.75, 3.05) is 30.4 Å². The zero-order valence-corrected chi connectivity index (χ0v) is 13.7. The number of anilines is 2. The molecule has 5 heteroatoms. The number of hydrogen-bond acceptors (Lipinski definition) is 5. The molecule has 0 unspecified atom stereocenters. The van der Waals surface area contributed by atoms with E-state index < -0.39 is 0 Å². The largest absolute Gasteiger partial charge is 0.381 e. The average molecular weight is 292 g/mol. The van der Waals surface area contributed by atoms with Gasteiger partial charge >= 0.3 is 0 Å². The second-order valence-corrected chi connectivity index (χ2v) is 6.38. The molecule has 0 aliphatic carbocycles. The van der Waals surface area contributed by atoms with Crippen LogP contribution in [0.2, 0.25) is 0 Å². The molecular weight excluding hydrogens is 264 g/mol. The molecule has 2 N–H and O–H groups in total. The molecule has 0 saturated carbocycles. The Kier molecular flexibility index (Phi) is 5.39. The van der Waals surface area contributed by atoms with Gasteiger partial charge < -0.3 is 15.4 Å². The van der Waals surface area contributed by atoms with E-state index in [0.717, 1.165) is 56.5 Å². The first-order valence-corrected chi connectivity index (χ1v) is 8.01. The van der Waals surface area contributed by atoms with Crippen LogP contribution in [0.1, 0.15) is 58.7 Å². The molecule has 2 rings (SSSR count). The maximum atomic E-state index is 5.46.